The van der Waals surface area contributed by atoms with Gasteiger partial charge in [-0.1, -0.05) is 24.3 Å². The van der Waals surface area contributed by atoms with Gasteiger partial charge in [0.1, 0.15) is 11.5 Å². The first kappa shape index (κ1) is 27.7. The molecule has 0 aliphatic heterocycles. The second-order valence-electron chi connectivity index (χ2n) is 9.76. The minimum atomic E-state index is 0.580. The van der Waals surface area contributed by atoms with Gasteiger partial charge in [0, 0.05) is 49.1 Å². The fourth-order valence-corrected chi connectivity index (χ4v) is 4.52. The van der Waals surface area contributed by atoms with Gasteiger partial charge in [0.25, 0.3) is 0 Å². The van der Waals surface area contributed by atoms with Crippen LogP contribution in [0.2, 0.25) is 0 Å². The Hall–Kier alpha value is -5.50. The van der Waals surface area contributed by atoms with E-state index in [1.165, 1.54) is 0 Å². The van der Waals surface area contributed by atoms with Gasteiger partial charge in [-0.25, -0.2) is 9.97 Å². The summed E-state index contributed by atoms with van der Waals surface area (Å²) in [5.41, 5.74) is 6.15. The maximum atomic E-state index is 6.17. The third kappa shape index (κ3) is 7.42. The Kier molecular flexibility index (Phi) is 8.95. The maximum absolute atomic E-state index is 6.17. The molecule has 0 fully saturated rings. The van der Waals surface area contributed by atoms with Crippen LogP contribution in [0.4, 0.5) is 0 Å². The van der Waals surface area contributed by atoms with Crippen LogP contribution in [0.5, 0.6) is 11.5 Å². The molecule has 0 aliphatic carbocycles. The lowest BCUT2D eigenvalue weighted by Crippen LogP contribution is -2.03. The highest BCUT2D eigenvalue weighted by atomic mass is 16.5. The van der Waals surface area contributed by atoms with Gasteiger partial charge in [0.2, 0.25) is 0 Å². The Morgan fingerprint density at radius 3 is 0.977 bits per heavy atom. The van der Waals surface area contributed by atoms with Crippen LogP contribution in [0.1, 0.15) is 19.3 Å². The maximum Gasteiger partial charge on any atom is 0.123 e. The molecule has 0 unspecified atom stereocenters. The zero-order chi connectivity index (χ0) is 29.1. The highest BCUT2D eigenvalue weighted by Crippen LogP contribution is 2.28. The summed E-state index contributed by atoms with van der Waals surface area (Å²) in [6.45, 7) is 1.16. The van der Waals surface area contributed by atoms with Crippen molar-refractivity contribution in [3.8, 4) is 57.1 Å². The Bertz CT molecular complexity index is 1490. The first-order chi connectivity index (χ1) is 21.3. The van der Waals surface area contributed by atoms with E-state index in [2.05, 4.69) is 19.9 Å². The fraction of sp³-hybridized carbons (Fsp3) is 0.143. The number of ether oxygens (including phenoxy) is 2. The van der Waals surface area contributed by atoms with Crippen LogP contribution in [0, 0.1) is 0 Å². The summed E-state index contributed by atoms with van der Waals surface area (Å²) in [5.74, 6) is 1.49. The summed E-state index contributed by atoms with van der Waals surface area (Å²) >= 11 is 0. The van der Waals surface area contributed by atoms with Gasteiger partial charge in [-0.2, -0.15) is 0 Å². The van der Waals surface area contributed by atoms with Crippen LogP contribution in [-0.4, -0.2) is 43.1 Å². The zero-order valence-electron chi connectivity index (χ0n) is 23.6. The smallest absolute Gasteiger partial charge is 0.123 e. The predicted octanol–water partition coefficient (Wildman–Crippen LogP) is 7.35. The Morgan fingerprint density at radius 2 is 0.698 bits per heavy atom. The van der Waals surface area contributed by atoms with Crippen molar-refractivity contribution >= 4 is 0 Å². The molecule has 212 valence electrons. The van der Waals surface area contributed by atoms with Crippen molar-refractivity contribution < 1.29 is 9.47 Å². The summed E-state index contributed by atoms with van der Waals surface area (Å²) in [6, 6.07) is 30.8. The van der Waals surface area contributed by atoms with Crippen molar-refractivity contribution in [2.24, 2.45) is 0 Å². The zero-order valence-corrected chi connectivity index (χ0v) is 23.6. The standard InChI is InChI=1S/C35H30N6O2/c1(10-20-42-26-22-32(28-12-2-6-16-36-28)40-33(23-26)29-13-3-7-17-37-29)11-21-43-27-24-34(30-14-4-8-18-38-30)41-35(25-27)31-15-5-9-19-39-31/h2-9,12-19,22-25H,1,10-11,20-21H2. The van der Waals surface area contributed by atoms with Gasteiger partial charge < -0.3 is 9.47 Å². The highest BCUT2D eigenvalue weighted by Gasteiger charge is 2.11. The minimum Gasteiger partial charge on any atom is -0.493 e. The first-order valence-corrected chi connectivity index (χ1v) is 14.3. The molecule has 0 saturated carbocycles. The number of rotatable bonds is 12. The molecule has 0 bridgehead atoms. The van der Waals surface area contributed by atoms with Crippen LogP contribution in [0.3, 0.4) is 0 Å². The molecule has 0 N–H and O–H groups in total. The Balaban J connectivity index is 1.06. The van der Waals surface area contributed by atoms with E-state index in [4.69, 9.17) is 19.4 Å². The van der Waals surface area contributed by atoms with Gasteiger partial charge in [-0.15, -0.1) is 0 Å². The number of unbranched alkanes of at least 4 members (excludes halogenated alkanes) is 2. The quantitative estimate of drug-likeness (QED) is 0.142. The molecule has 0 aliphatic rings. The van der Waals surface area contributed by atoms with Crippen molar-refractivity contribution in [2.75, 3.05) is 13.2 Å². The summed E-state index contributed by atoms with van der Waals surface area (Å²) in [4.78, 5) is 27.4. The normalized spacial score (nSPS) is 10.8. The molecular formula is C35H30N6O2. The lowest BCUT2D eigenvalue weighted by atomic mass is 10.2. The Labute approximate surface area is 250 Å². The molecule has 43 heavy (non-hydrogen) atoms. The van der Waals surface area contributed by atoms with Crippen LogP contribution in [0.25, 0.3) is 45.6 Å². The SMILES string of the molecule is c1ccc(-c2cc(OCCCCCOc3cc(-c4ccccn4)nc(-c4ccccn4)c3)cc(-c3ccccn3)n2)nc1. The van der Waals surface area contributed by atoms with E-state index in [-0.39, 0.29) is 0 Å². The lowest BCUT2D eigenvalue weighted by Gasteiger charge is -2.12. The van der Waals surface area contributed by atoms with Crippen molar-refractivity contribution in [3.05, 3.63) is 122 Å². The molecule has 0 radical (unpaired) electrons. The van der Waals surface area contributed by atoms with Crippen LogP contribution >= 0.6 is 0 Å². The van der Waals surface area contributed by atoms with E-state index in [1.807, 2.05) is 97.1 Å². The van der Waals surface area contributed by atoms with E-state index < -0.39 is 0 Å². The first-order valence-electron chi connectivity index (χ1n) is 14.3. The third-order valence-corrected chi connectivity index (χ3v) is 6.63. The highest BCUT2D eigenvalue weighted by molar-refractivity contribution is 5.65. The van der Waals surface area contributed by atoms with Crippen LogP contribution < -0.4 is 9.47 Å². The molecule has 0 spiro atoms. The molecule has 0 amide bonds. The molecule has 0 aromatic carbocycles. The van der Waals surface area contributed by atoms with Crippen LogP contribution in [-0.2, 0) is 0 Å². The van der Waals surface area contributed by atoms with Gasteiger partial charge in [0.15, 0.2) is 0 Å². The molecule has 6 heterocycles. The van der Waals surface area contributed by atoms with Gasteiger partial charge >= 0.3 is 0 Å². The van der Waals surface area contributed by atoms with E-state index in [0.717, 1.165) is 76.3 Å². The number of hydrogen-bond acceptors (Lipinski definition) is 8. The van der Waals surface area contributed by atoms with Gasteiger partial charge in [0.05, 0.1) is 58.8 Å². The molecule has 8 nitrogen and oxygen atoms in total. The summed E-state index contributed by atoms with van der Waals surface area (Å²) in [5, 5.41) is 0. The van der Waals surface area contributed by atoms with E-state index in [9.17, 15) is 0 Å². The predicted molar refractivity (Wildman–Crippen MR) is 166 cm³/mol. The van der Waals surface area contributed by atoms with Crippen molar-refractivity contribution in [3.63, 3.8) is 0 Å². The monoisotopic (exact) mass is 566 g/mol. The molecule has 6 rings (SSSR count). The minimum absolute atomic E-state index is 0.580. The van der Waals surface area contributed by atoms with E-state index >= 15 is 0 Å². The van der Waals surface area contributed by atoms with Gasteiger partial charge in [-0.05, 0) is 67.8 Å². The Morgan fingerprint density at radius 1 is 0.372 bits per heavy atom. The van der Waals surface area contributed by atoms with Crippen molar-refractivity contribution in [1.82, 2.24) is 29.9 Å². The largest absolute Gasteiger partial charge is 0.493 e. The molecule has 8 heteroatoms. The van der Waals surface area contributed by atoms with Crippen molar-refractivity contribution in [2.45, 2.75) is 19.3 Å². The summed E-state index contributed by atoms with van der Waals surface area (Å²) in [6.07, 6.45) is 9.78. The molecule has 6 aromatic heterocycles. The van der Waals surface area contributed by atoms with Crippen molar-refractivity contribution in [1.29, 1.82) is 0 Å². The second kappa shape index (κ2) is 13.9. The average Bonchev–Trinajstić information content (AvgIpc) is 3.09. The molecular weight excluding hydrogens is 536 g/mol. The topological polar surface area (TPSA) is 95.8 Å². The molecule has 6 aromatic rings. The number of pyridine rings is 6. The lowest BCUT2D eigenvalue weighted by molar-refractivity contribution is 0.279. The van der Waals surface area contributed by atoms with Crippen LogP contribution in [0.15, 0.2) is 122 Å². The third-order valence-electron chi connectivity index (χ3n) is 6.63. The fourth-order valence-electron chi connectivity index (χ4n) is 4.52. The number of nitrogens with zero attached hydrogens (tertiary/aromatic N) is 6. The summed E-state index contributed by atoms with van der Waals surface area (Å²) in [7, 11) is 0. The van der Waals surface area contributed by atoms with Gasteiger partial charge in [-0.3, -0.25) is 19.9 Å². The second-order valence-corrected chi connectivity index (χ2v) is 9.76. The number of aromatic nitrogens is 6. The molecule has 0 saturated heterocycles. The van der Waals surface area contributed by atoms with E-state index in [0.29, 0.717) is 13.2 Å². The van der Waals surface area contributed by atoms with E-state index in [1.54, 1.807) is 24.8 Å². The average molecular weight is 567 g/mol. The molecule has 0 atom stereocenters. The number of hydrogen-bond donors (Lipinski definition) is 0. The summed E-state index contributed by atoms with van der Waals surface area (Å²) < 4.78 is 12.3.